The molecule has 0 bridgehead atoms. The molecule has 16 heavy (non-hydrogen) atoms. The van der Waals surface area contributed by atoms with E-state index in [4.69, 9.17) is 0 Å². The lowest BCUT2D eigenvalue weighted by atomic mass is 10.2. The van der Waals surface area contributed by atoms with Crippen molar-refractivity contribution in [3.8, 4) is 0 Å². The van der Waals surface area contributed by atoms with Crippen molar-refractivity contribution in [2.24, 2.45) is 0 Å². The van der Waals surface area contributed by atoms with Crippen molar-refractivity contribution in [3.63, 3.8) is 0 Å². The zero-order chi connectivity index (χ0) is 11.2. The number of carbonyl (C=O) groups excluding carboxylic acids is 1. The third-order valence-electron chi connectivity index (χ3n) is 2.03. The van der Waals surface area contributed by atoms with Crippen LogP contribution in [0.15, 0.2) is 42.7 Å². The van der Waals surface area contributed by atoms with Crippen molar-refractivity contribution in [1.29, 1.82) is 0 Å². The number of benzene rings is 1. The summed E-state index contributed by atoms with van der Waals surface area (Å²) in [7, 11) is 0. The van der Waals surface area contributed by atoms with Crippen LogP contribution in [0, 0.1) is 0 Å². The molecule has 0 spiro atoms. The second-order valence-electron chi connectivity index (χ2n) is 3.23. The number of nitrogens with zero attached hydrogens (tertiary/aromatic N) is 1. The molecule has 1 aromatic carbocycles. The predicted molar refractivity (Wildman–Crippen MR) is 60.9 cm³/mol. The Labute approximate surface area is 92.9 Å². The van der Waals surface area contributed by atoms with Crippen molar-refractivity contribution in [2.45, 2.75) is 6.54 Å². The highest BCUT2D eigenvalue weighted by Gasteiger charge is 2.01. The Balaban J connectivity index is 1.80. The third kappa shape index (κ3) is 2.84. The van der Waals surface area contributed by atoms with Crippen LogP contribution in [-0.2, 0) is 6.54 Å². The molecule has 2 rings (SSSR count). The fraction of sp³-hybridized carbons (Fsp3) is 0.0909. The van der Waals surface area contributed by atoms with Gasteiger partial charge in [0.2, 0.25) is 5.95 Å². The number of anilines is 1. The summed E-state index contributed by atoms with van der Waals surface area (Å²) in [5.74, 6) is 0.436. The monoisotopic (exact) mass is 216 g/mol. The normalized spacial score (nSPS) is 9.75. The number of amides is 2. The lowest BCUT2D eigenvalue weighted by Gasteiger charge is -2.05. The molecule has 5 nitrogen and oxygen atoms in total. The third-order valence-corrected chi connectivity index (χ3v) is 2.03. The van der Waals surface area contributed by atoms with Gasteiger partial charge in [-0.3, -0.25) is 5.32 Å². The maximum atomic E-state index is 11.4. The highest BCUT2D eigenvalue weighted by molar-refractivity contribution is 5.87. The summed E-state index contributed by atoms with van der Waals surface area (Å²) in [5.41, 5.74) is 1.05. The predicted octanol–water partition coefficient (Wildman–Crippen LogP) is 1.73. The zero-order valence-electron chi connectivity index (χ0n) is 8.60. The molecule has 1 aromatic heterocycles. The van der Waals surface area contributed by atoms with E-state index >= 15 is 0 Å². The molecule has 3 N–H and O–H groups in total. The summed E-state index contributed by atoms with van der Waals surface area (Å²) >= 11 is 0. The van der Waals surface area contributed by atoms with Crippen molar-refractivity contribution in [1.82, 2.24) is 15.3 Å². The maximum absolute atomic E-state index is 11.4. The Bertz CT molecular complexity index is 438. The molecular weight excluding hydrogens is 204 g/mol. The smallest absolute Gasteiger partial charge is 0.321 e. The first-order valence-corrected chi connectivity index (χ1v) is 4.93. The van der Waals surface area contributed by atoms with Gasteiger partial charge in [0, 0.05) is 18.9 Å². The van der Waals surface area contributed by atoms with Gasteiger partial charge in [0.1, 0.15) is 0 Å². The summed E-state index contributed by atoms with van der Waals surface area (Å²) in [6.07, 6.45) is 3.22. The molecule has 0 saturated heterocycles. The highest BCUT2D eigenvalue weighted by Crippen LogP contribution is 1.98. The van der Waals surface area contributed by atoms with E-state index in [1.165, 1.54) is 0 Å². The summed E-state index contributed by atoms with van der Waals surface area (Å²) in [6, 6.07) is 9.43. The second-order valence-corrected chi connectivity index (χ2v) is 3.23. The van der Waals surface area contributed by atoms with E-state index < -0.39 is 0 Å². The molecule has 0 aliphatic rings. The van der Waals surface area contributed by atoms with E-state index in [0.717, 1.165) is 5.56 Å². The van der Waals surface area contributed by atoms with Gasteiger partial charge < -0.3 is 10.3 Å². The van der Waals surface area contributed by atoms with Crippen LogP contribution in [0.5, 0.6) is 0 Å². The number of aromatic amines is 1. The molecule has 2 amide bonds. The number of imidazole rings is 1. The number of rotatable bonds is 3. The summed E-state index contributed by atoms with van der Waals surface area (Å²) < 4.78 is 0. The fourth-order valence-electron chi connectivity index (χ4n) is 1.26. The first kappa shape index (κ1) is 10.2. The Morgan fingerprint density at radius 3 is 2.81 bits per heavy atom. The average Bonchev–Trinajstić information content (AvgIpc) is 2.81. The van der Waals surface area contributed by atoms with E-state index in [2.05, 4.69) is 20.6 Å². The molecule has 2 aromatic rings. The fourth-order valence-corrected chi connectivity index (χ4v) is 1.26. The number of hydrogen-bond acceptors (Lipinski definition) is 2. The van der Waals surface area contributed by atoms with Gasteiger partial charge in [-0.2, -0.15) is 0 Å². The highest BCUT2D eigenvalue weighted by atomic mass is 16.2. The number of urea groups is 1. The molecule has 0 aliphatic carbocycles. The topological polar surface area (TPSA) is 69.8 Å². The van der Waals surface area contributed by atoms with Crippen LogP contribution in [0.3, 0.4) is 0 Å². The van der Waals surface area contributed by atoms with Crippen LogP contribution < -0.4 is 10.6 Å². The van der Waals surface area contributed by atoms with E-state index in [1.54, 1.807) is 12.4 Å². The Morgan fingerprint density at radius 2 is 2.12 bits per heavy atom. The minimum absolute atomic E-state index is 0.279. The first-order chi connectivity index (χ1) is 7.84. The Morgan fingerprint density at radius 1 is 1.31 bits per heavy atom. The molecule has 0 radical (unpaired) electrons. The first-order valence-electron chi connectivity index (χ1n) is 4.93. The van der Waals surface area contributed by atoms with E-state index in [1.807, 2.05) is 30.3 Å². The van der Waals surface area contributed by atoms with Crippen LogP contribution in [0.1, 0.15) is 5.56 Å². The van der Waals surface area contributed by atoms with Crippen LogP contribution in [0.25, 0.3) is 0 Å². The van der Waals surface area contributed by atoms with Crippen LogP contribution in [0.2, 0.25) is 0 Å². The molecule has 0 saturated carbocycles. The Kier molecular flexibility index (Phi) is 3.18. The van der Waals surface area contributed by atoms with Crippen LogP contribution in [0.4, 0.5) is 10.7 Å². The lowest BCUT2D eigenvalue weighted by Crippen LogP contribution is -2.28. The van der Waals surface area contributed by atoms with Gasteiger partial charge in [-0.05, 0) is 5.56 Å². The van der Waals surface area contributed by atoms with E-state index in [0.29, 0.717) is 12.5 Å². The van der Waals surface area contributed by atoms with Crippen molar-refractivity contribution < 1.29 is 4.79 Å². The minimum atomic E-state index is -0.279. The lowest BCUT2D eigenvalue weighted by molar-refractivity contribution is 0.251. The van der Waals surface area contributed by atoms with Gasteiger partial charge in [0.25, 0.3) is 0 Å². The standard InChI is InChI=1S/C11H12N4O/c16-11(15-10-12-6-7-13-10)14-8-9-4-2-1-3-5-9/h1-7H,8H2,(H3,12,13,14,15,16). The maximum Gasteiger partial charge on any atom is 0.321 e. The minimum Gasteiger partial charge on any atom is -0.334 e. The largest absolute Gasteiger partial charge is 0.334 e. The number of nitrogens with one attached hydrogen (secondary N) is 3. The van der Waals surface area contributed by atoms with Gasteiger partial charge in [-0.25, -0.2) is 9.78 Å². The van der Waals surface area contributed by atoms with Crippen molar-refractivity contribution in [3.05, 3.63) is 48.3 Å². The van der Waals surface area contributed by atoms with Crippen LogP contribution in [-0.4, -0.2) is 16.0 Å². The molecule has 5 heteroatoms. The number of hydrogen-bond donors (Lipinski definition) is 3. The SMILES string of the molecule is O=C(NCc1ccccc1)Nc1ncc[nH]1. The van der Waals surface area contributed by atoms with Gasteiger partial charge >= 0.3 is 6.03 Å². The summed E-state index contributed by atoms with van der Waals surface area (Å²) in [6.45, 7) is 0.493. The molecule has 0 aliphatic heterocycles. The van der Waals surface area contributed by atoms with Gasteiger partial charge in [0.15, 0.2) is 0 Å². The summed E-state index contributed by atoms with van der Waals surface area (Å²) in [4.78, 5) is 18.1. The zero-order valence-corrected chi connectivity index (χ0v) is 8.60. The van der Waals surface area contributed by atoms with Crippen molar-refractivity contribution in [2.75, 3.05) is 5.32 Å². The molecule has 0 fully saturated rings. The summed E-state index contributed by atoms with van der Waals surface area (Å²) in [5, 5.41) is 5.30. The number of aromatic nitrogens is 2. The van der Waals surface area contributed by atoms with E-state index in [-0.39, 0.29) is 6.03 Å². The van der Waals surface area contributed by atoms with Gasteiger partial charge in [-0.15, -0.1) is 0 Å². The van der Waals surface area contributed by atoms with Gasteiger partial charge in [-0.1, -0.05) is 30.3 Å². The average molecular weight is 216 g/mol. The van der Waals surface area contributed by atoms with Gasteiger partial charge in [0.05, 0.1) is 0 Å². The number of carbonyl (C=O) groups is 1. The van der Waals surface area contributed by atoms with Crippen LogP contribution >= 0.6 is 0 Å². The van der Waals surface area contributed by atoms with E-state index in [9.17, 15) is 4.79 Å². The van der Waals surface area contributed by atoms with Crippen molar-refractivity contribution >= 4 is 12.0 Å². The Hall–Kier alpha value is -2.30. The number of H-pyrrole nitrogens is 1. The quantitative estimate of drug-likeness (QED) is 0.731. The second kappa shape index (κ2) is 4.97. The molecule has 0 unspecified atom stereocenters. The molecule has 0 atom stereocenters. The molecular formula is C11H12N4O. The molecule has 82 valence electrons. The molecule has 1 heterocycles.